The summed E-state index contributed by atoms with van der Waals surface area (Å²) in [6.45, 7) is 4.21. The molecule has 1 atom stereocenters. The summed E-state index contributed by atoms with van der Waals surface area (Å²) in [6.07, 6.45) is 1.82. The fourth-order valence-electron chi connectivity index (χ4n) is 1.14. The summed E-state index contributed by atoms with van der Waals surface area (Å²) in [7, 11) is 0. The van der Waals surface area contributed by atoms with Crippen LogP contribution in [0.4, 0.5) is 0 Å². The maximum absolute atomic E-state index is 10.6. The minimum atomic E-state index is -0.867. The van der Waals surface area contributed by atoms with Crippen molar-refractivity contribution in [2.24, 2.45) is 5.16 Å². The summed E-state index contributed by atoms with van der Waals surface area (Å²) >= 11 is 0. The highest BCUT2D eigenvalue weighted by Crippen LogP contribution is 2.10. The molecule has 0 aromatic carbocycles. The molecule has 0 aliphatic carbocycles. The SMILES string of the molecule is CC/C(=C\C(COC(C)=O)=N/O)C(C)[N+](=O)[O-]. The lowest BCUT2D eigenvalue weighted by atomic mass is 10.1. The van der Waals surface area contributed by atoms with Crippen molar-refractivity contribution in [2.75, 3.05) is 6.61 Å². The van der Waals surface area contributed by atoms with Gasteiger partial charge in [0, 0.05) is 24.3 Å². The molecule has 0 rings (SSSR count). The average molecular weight is 244 g/mol. The molecule has 17 heavy (non-hydrogen) atoms. The van der Waals surface area contributed by atoms with E-state index in [9.17, 15) is 14.9 Å². The largest absolute Gasteiger partial charge is 0.459 e. The van der Waals surface area contributed by atoms with Crippen LogP contribution in [0, 0.1) is 10.1 Å². The topological polar surface area (TPSA) is 102 Å². The second kappa shape index (κ2) is 7.37. The van der Waals surface area contributed by atoms with E-state index in [1.54, 1.807) is 6.92 Å². The van der Waals surface area contributed by atoms with Crippen LogP contribution in [0.5, 0.6) is 0 Å². The smallest absolute Gasteiger partial charge is 0.303 e. The summed E-state index contributed by atoms with van der Waals surface area (Å²) in [5, 5.41) is 22.2. The van der Waals surface area contributed by atoms with Crippen LogP contribution in [-0.4, -0.2) is 34.5 Å². The number of nitro groups is 1. The molecule has 7 heteroatoms. The van der Waals surface area contributed by atoms with E-state index < -0.39 is 16.9 Å². The van der Waals surface area contributed by atoms with Crippen molar-refractivity contribution >= 4 is 11.7 Å². The maximum atomic E-state index is 10.6. The van der Waals surface area contributed by atoms with Gasteiger partial charge < -0.3 is 9.94 Å². The molecule has 0 fully saturated rings. The third-order valence-corrected chi connectivity index (χ3v) is 2.16. The summed E-state index contributed by atoms with van der Waals surface area (Å²) in [4.78, 5) is 20.8. The summed E-state index contributed by atoms with van der Waals surface area (Å²) in [5.41, 5.74) is 0.570. The van der Waals surface area contributed by atoms with Crippen molar-refractivity contribution in [3.8, 4) is 0 Å². The number of esters is 1. The zero-order valence-corrected chi connectivity index (χ0v) is 10.0. The molecule has 0 spiro atoms. The molecule has 1 N–H and O–H groups in total. The van der Waals surface area contributed by atoms with Crippen LogP contribution >= 0.6 is 0 Å². The number of nitrogens with zero attached hydrogens (tertiary/aromatic N) is 2. The minimum absolute atomic E-state index is 0.0748. The lowest BCUT2D eigenvalue weighted by Crippen LogP contribution is -2.19. The van der Waals surface area contributed by atoms with E-state index in [2.05, 4.69) is 9.89 Å². The first-order chi connectivity index (χ1) is 7.92. The third-order valence-electron chi connectivity index (χ3n) is 2.16. The van der Waals surface area contributed by atoms with E-state index in [1.807, 2.05) is 0 Å². The lowest BCUT2D eigenvalue weighted by molar-refractivity contribution is -0.507. The first-order valence-corrected chi connectivity index (χ1v) is 5.10. The molecule has 7 nitrogen and oxygen atoms in total. The van der Waals surface area contributed by atoms with Gasteiger partial charge in [-0.05, 0) is 12.5 Å². The molecule has 0 heterocycles. The molecule has 0 aliphatic heterocycles. The van der Waals surface area contributed by atoms with E-state index in [1.165, 1.54) is 19.9 Å². The van der Waals surface area contributed by atoms with Crippen molar-refractivity contribution in [1.82, 2.24) is 0 Å². The zero-order valence-electron chi connectivity index (χ0n) is 10.0. The summed E-state index contributed by atoms with van der Waals surface area (Å²) < 4.78 is 4.64. The molecule has 0 aromatic heterocycles. The molecular formula is C10H16N2O5. The van der Waals surface area contributed by atoms with E-state index in [0.717, 1.165) is 0 Å². The quantitative estimate of drug-likeness (QED) is 0.250. The first kappa shape index (κ1) is 15.1. The Bertz CT molecular complexity index is 349. The van der Waals surface area contributed by atoms with Gasteiger partial charge in [0.25, 0.3) is 0 Å². The van der Waals surface area contributed by atoms with Crippen LogP contribution in [0.25, 0.3) is 0 Å². The number of carbonyl (C=O) groups excluding carboxylic acids is 1. The first-order valence-electron chi connectivity index (χ1n) is 5.10. The Balaban J connectivity index is 4.79. The van der Waals surface area contributed by atoms with Crippen LogP contribution in [0.1, 0.15) is 27.2 Å². The van der Waals surface area contributed by atoms with E-state index in [0.29, 0.717) is 12.0 Å². The Morgan fingerprint density at radius 3 is 2.59 bits per heavy atom. The number of rotatable bonds is 6. The molecule has 0 saturated carbocycles. The Morgan fingerprint density at radius 2 is 2.24 bits per heavy atom. The molecule has 96 valence electrons. The predicted octanol–water partition coefficient (Wildman–Crippen LogP) is 1.38. The van der Waals surface area contributed by atoms with Gasteiger partial charge in [0.1, 0.15) is 12.3 Å². The minimum Gasteiger partial charge on any atom is -0.459 e. The normalized spacial score (nSPS) is 14.3. The van der Waals surface area contributed by atoms with Crippen LogP contribution in [0.15, 0.2) is 16.8 Å². The zero-order chi connectivity index (χ0) is 13.4. The lowest BCUT2D eigenvalue weighted by Gasteiger charge is -2.07. The Morgan fingerprint density at radius 1 is 1.65 bits per heavy atom. The van der Waals surface area contributed by atoms with E-state index >= 15 is 0 Å². The van der Waals surface area contributed by atoms with Crippen molar-refractivity contribution in [3.05, 3.63) is 21.8 Å². The van der Waals surface area contributed by atoms with Crippen molar-refractivity contribution in [1.29, 1.82) is 0 Å². The van der Waals surface area contributed by atoms with Gasteiger partial charge in [0.15, 0.2) is 0 Å². The maximum Gasteiger partial charge on any atom is 0.303 e. The summed E-state index contributed by atoms with van der Waals surface area (Å²) in [6, 6.07) is -0.867. The fourth-order valence-corrected chi connectivity index (χ4v) is 1.14. The molecule has 0 amide bonds. The number of hydrogen-bond donors (Lipinski definition) is 1. The van der Waals surface area contributed by atoms with Crippen LogP contribution in [0.3, 0.4) is 0 Å². The number of carbonyl (C=O) groups is 1. The van der Waals surface area contributed by atoms with Crippen molar-refractivity contribution in [3.63, 3.8) is 0 Å². The standard InChI is InChI=1S/C10H16N2O5/c1-4-9(7(2)12(15)16)5-10(11-14)6-17-8(3)13/h5,7,14H,4,6H2,1-3H3/b9-5+,11-10+. The highest BCUT2D eigenvalue weighted by Gasteiger charge is 2.18. The highest BCUT2D eigenvalue weighted by molar-refractivity contribution is 5.97. The Labute approximate surface area is 98.9 Å². The van der Waals surface area contributed by atoms with Crippen LogP contribution in [0.2, 0.25) is 0 Å². The second-order valence-corrected chi connectivity index (χ2v) is 3.41. The van der Waals surface area contributed by atoms with Gasteiger partial charge in [-0.2, -0.15) is 0 Å². The van der Waals surface area contributed by atoms with Gasteiger partial charge in [-0.15, -0.1) is 0 Å². The molecule has 0 bridgehead atoms. The van der Waals surface area contributed by atoms with Gasteiger partial charge in [0.2, 0.25) is 6.04 Å². The highest BCUT2D eigenvalue weighted by atomic mass is 16.6. The van der Waals surface area contributed by atoms with Gasteiger partial charge in [-0.1, -0.05) is 12.1 Å². The van der Waals surface area contributed by atoms with E-state index in [4.69, 9.17) is 5.21 Å². The number of ether oxygens (including phenoxy) is 1. The van der Waals surface area contributed by atoms with Crippen LogP contribution in [-0.2, 0) is 9.53 Å². The molecule has 0 aromatic rings. The third kappa shape index (κ3) is 5.64. The van der Waals surface area contributed by atoms with E-state index in [-0.39, 0.29) is 12.3 Å². The monoisotopic (exact) mass is 244 g/mol. The van der Waals surface area contributed by atoms with Gasteiger partial charge in [-0.3, -0.25) is 14.9 Å². The van der Waals surface area contributed by atoms with Crippen LogP contribution < -0.4 is 0 Å². The molecular weight excluding hydrogens is 228 g/mol. The predicted molar refractivity (Wildman–Crippen MR) is 60.7 cm³/mol. The molecule has 0 aliphatic rings. The number of oxime groups is 1. The molecule has 1 unspecified atom stereocenters. The van der Waals surface area contributed by atoms with Crippen molar-refractivity contribution < 1.29 is 19.7 Å². The second-order valence-electron chi connectivity index (χ2n) is 3.41. The molecule has 0 radical (unpaired) electrons. The van der Waals surface area contributed by atoms with Gasteiger partial charge in [-0.25, -0.2) is 0 Å². The van der Waals surface area contributed by atoms with Gasteiger partial charge >= 0.3 is 5.97 Å². The number of hydrogen-bond acceptors (Lipinski definition) is 6. The Kier molecular flexibility index (Phi) is 6.54. The van der Waals surface area contributed by atoms with Gasteiger partial charge in [0.05, 0.1) is 0 Å². The Hall–Kier alpha value is -1.92. The molecule has 0 saturated heterocycles. The fraction of sp³-hybridized carbons (Fsp3) is 0.600. The van der Waals surface area contributed by atoms with Crippen molar-refractivity contribution in [2.45, 2.75) is 33.2 Å². The summed E-state index contributed by atoms with van der Waals surface area (Å²) in [5.74, 6) is -0.514. The average Bonchev–Trinajstić information content (AvgIpc) is 2.28.